The third-order valence-electron chi connectivity index (χ3n) is 2.76. The van der Waals surface area contributed by atoms with Crippen LogP contribution in [-0.4, -0.2) is 20.9 Å². The highest BCUT2D eigenvalue weighted by atomic mass is 16.4. The lowest BCUT2D eigenvalue weighted by Gasteiger charge is -2.08. The smallest absolute Gasteiger partial charge is 0.311 e. The Bertz CT molecular complexity index is 368. The van der Waals surface area contributed by atoms with Crippen molar-refractivity contribution in [2.45, 2.75) is 38.6 Å². The maximum atomic E-state index is 10.9. The number of rotatable bonds is 2. The number of carboxylic acid groups (broad SMARTS) is 1. The lowest BCUT2D eigenvalue weighted by molar-refractivity contribution is -0.138. The highest BCUT2D eigenvalue weighted by molar-refractivity contribution is 5.77. The van der Waals surface area contributed by atoms with Crippen molar-refractivity contribution in [3.8, 4) is 0 Å². The van der Waals surface area contributed by atoms with Gasteiger partial charge in [0, 0.05) is 17.3 Å². The first-order chi connectivity index (χ1) is 6.61. The lowest BCUT2D eigenvalue weighted by atomic mass is 10.1. The van der Waals surface area contributed by atoms with Gasteiger partial charge >= 0.3 is 5.97 Å². The van der Waals surface area contributed by atoms with Crippen molar-refractivity contribution in [3.63, 3.8) is 0 Å². The fourth-order valence-corrected chi connectivity index (χ4v) is 2.09. The van der Waals surface area contributed by atoms with Gasteiger partial charge in [0.05, 0.1) is 12.1 Å². The van der Waals surface area contributed by atoms with Gasteiger partial charge in [0.1, 0.15) is 0 Å². The fraction of sp³-hybridized carbons (Fsp3) is 0.600. The summed E-state index contributed by atoms with van der Waals surface area (Å²) in [5.41, 5.74) is 2.01. The van der Waals surface area contributed by atoms with E-state index in [1.54, 1.807) is 6.20 Å². The number of hydrogen-bond donors (Lipinski definition) is 1. The predicted octanol–water partition coefficient (Wildman–Crippen LogP) is 1.58. The second-order valence-corrected chi connectivity index (χ2v) is 4.01. The Balaban J connectivity index is 2.39. The van der Waals surface area contributed by atoms with Crippen LogP contribution in [0.5, 0.6) is 0 Å². The summed E-state index contributed by atoms with van der Waals surface area (Å²) in [5, 5.41) is 13.2. The molecule has 1 aromatic rings. The Hall–Kier alpha value is -1.32. The highest BCUT2D eigenvalue weighted by Gasteiger charge is 2.31. The molecule has 0 saturated heterocycles. The summed E-state index contributed by atoms with van der Waals surface area (Å²) in [6.07, 6.45) is 3.26. The van der Waals surface area contributed by atoms with Crippen molar-refractivity contribution < 1.29 is 9.90 Å². The third kappa shape index (κ3) is 1.22. The van der Waals surface area contributed by atoms with E-state index in [4.69, 9.17) is 5.11 Å². The van der Waals surface area contributed by atoms with Crippen LogP contribution in [0.2, 0.25) is 0 Å². The van der Waals surface area contributed by atoms with E-state index in [9.17, 15) is 4.79 Å². The zero-order chi connectivity index (χ0) is 10.3. The van der Waals surface area contributed by atoms with Crippen molar-refractivity contribution in [2.75, 3.05) is 0 Å². The van der Waals surface area contributed by atoms with Gasteiger partial charge in [-0.1, -0.05) is 0 Å². The van der Waals surface area contributed by atoms with Crippen LogP contribution in [0.3, 0.4) is 0 Å². The fourth-order valence-electron chi connectivity index (χ4n) is 2.09. The molecule has 1 heterocycles. The molecule has 4 nitrogen and oxygen atoms in total. The molecule has 1 atom stereocenters. The SMILES string of the molecule is CC(C)n1ncc2c1CCC2C(=O)O. The highest BCUT2D eigenvalue weighted by Crippen LogP contribution is 2.34. The topological polar surface area (TPSA) is 55.1 Å². The molecule has 0 radical (unpaired) electrons. The van der Waals surface area contributed by atoms with E-state index in [-0.39, 0.29) is 5.92 Å². The molecule has 76 valence electrons. The monoisotopic (exact) mass is 194 g/mol. The molecule has 1 unspecified atom stereocenters. The van der Waals surface area contributed by atoms with Crippen molar-refractivity contribution in [3.05, 3.63) is 17.5 Å². The van der Waals surface area contributed by atoms with Crippen LogP contribution in [0.1, 0.15) is 43.5 Å². The van der Waals surface area contributed by atoms with Gasteiger partial charge in [-0.05, 0) is 26.7 Å². The Morgan fingerprint density at radius 2 is 2.43 bits per heavy atom. The number of carbonyl (C=O) groups is 1. The van der Waals surface area contributed by atoms with Crippen molar-refractivity contribution in [1.82, 2.24) is 9.78 Å². The molecule has 0 aromatic carbocycles. The number of nitrogens with zero attached hydrogens (tertiary/aromatic N) is 2. The summed E-state index contributed by atoms with van der Waals surface area (Å²) >= 11 is 0. The molecule has 1 aromatic heterocycles. The summed E-state index contributed by atoms with van der Waals surface area (Å²) in [7, 11) is 0. The normalized spacial score (nSPS) is 20.1. The maximum Gasteiger partial charge on any atom is 0.311 e. The van der Waals surface area contributed by atoms with E-state index in [0.717, 1.165) is 24.1 Å². The molecular weight excluding hydrogens is 180 g/mol. The van der Waals surface area contributed by atoms with Crippen molar-refractivity contribution in [1.29, 1.82) is 0 Å². The van der Waals surface area contributed by atoms with Gasteiger partial charge in [-0.2, -0.15) is 5.10 Å². The minimum Gasteiger partial charge on any atom is -0.481 e. The number of aromatic nitrogens is 2. The first-order valence-electron chi connectivity index (χ1n) is 4.90. The molecule has 0 spiro atoms. The largest absolute Gasteiger partial charge is 0.481 e. The summed E-state index contributed by atoms with van der Waals surface area (Å²) in [4.78, 5) is 10.9. The minimum absolute atomic E-state index is 0.311. The maximum absolute atomic E-state index is 10.9. The molecule has 0 fully saturated rings. The zero-order valence-electron chi connectivity index (χ0n) is 8.40. The third-order valence-corrected chi connectivity index (χ3v) is 2.76. The lowest BCUT2D eigenvalue weighted by Crippen LogP contribution is -2.06. The van der Waals surface area contributed by atoms with Crippen molar-refractivity contribution in [2.24, 2.45) is 0 Å². The number of fused-ring (bicyclic) bond motifs is 1. The van der Waals surface area contributed by atoms with Crippen LogP contribution in [-0.2, 0) is 11.2 Å². The summed E-state index contributed by atoms with van der Waals surface area (Å²) in [5.74, 6) is -1.07. The Morgan fingerprint density at radius 1 is 1.71 bits per heavy atom. The first-order valence-corrected chi connectivity index (χ1v) is 4.90. The van der Waals surface area contributed by atoms with Gasteiger partial charge in [-0.15, -0.1) is 0 Å². The van der Waals surface area contributed by atoms with Gasteiger partial charge in [0.15, 0.2) is 0 Å². The molecule has 1 N–H and O–H groups in total. The van der Waals surface area contributed by atoms with Gasteiger partial charge in [-0.3, -0.25) is 9.48 Å². The van der Waals surface area contributed by atoms with Gasteiger partial charge in [-0.25, -0.2) is 0 Å². The number of aliphatic carboxylic acids is 1. The first kappa shape index (κ1) is 9.24. The van der Waals surface area contributed by atoms with Crippen LogP contribution in [0.4, 0.5) is 0 Å². The minimum atomic E-state index is -0.730. The van der Waals surface area contributed by atoms with Gasteiger partial charge in [0.25, 0.3) is 0 Å². The van der Waals surface area contributed by atoms with E-state index in [1.165, 1.54) is 0 Å². The van der Waals surface area contributed by atoms with Crippen LogP contribution < -0.4 is 0 Å². The van der Waals surface area contributed by atoms with E-state index >= 15 is 0 Å². The molecule has 1 aliphatic carbocycles. The number of carboxylic acids is 1. The van der Waals surface area contributed by atoms with E-state index in [1.807, 2.05) is 4.68 Å². The van der Waals surface area contributed by atoms with E-state index in [2.05, 4.69) is 18.9 Å². The van der Waals surface area contributed by atoms with E-state index < -0.39 is 5.97 Å². The van der Waals surface area contributed by atoms with Gasteiger partial charge in [0.2, 0.25) is 0 Å². The Kier molecular flexibility index (Phi) is 2.06. The second kappa shape index (κ2) is 3.12. The Labute approximate surface area is 82.5 Å². The molecule has 2 rings (SSSR count). The van der Waals surface area contributed by atoms with Gasteiger partial charge < -0.3 is 5.11 Å². The average molecular weight is 194 g/mol. The average Bonchev–Trinajstić information content (AvgIpc) is 2.59. The molecule has 14 heavy (non-hydrogen) atoms. The molecule has 0 saturated carbocycles. The van der Waals surface area contributed by atoms with Crippen LogP contribution in [0.15, 0.2) is 6.20 Å². The molecule has 0 aliphatic heterocycles. The van der Waals surface area contributed by atoms with Crippen molar-refractivity contribution >= 4 is 5.97 Å². The van der Waals surface area contributed by atoms with Crippen LogP contribution in [0, 0.1) is 0 Å². The summed E-state index contributed by atoms with van der Waals surface area (Å²) in [6.45, 7) is 4.11. The predicted molar refractivity (Wildman–Crippen MR) is 51.3 cm³/mol. The molecule has 0 bridgehead atoms. The van der Waals surface area contributed by atoms with Crippen LogP contribution >= 0.6 is 0 Å². The standard InChI is InChI=1S/C10H14N2O2/c1-6(2)12-9-4-3-7(10(13)14)8(9)5-11-12/h5-7H,3-4H2,1-2H3,(H,13,14). The summed E-state index contributed by atoms with van der Waals surface area (Å²) < 4.78 is 1.93. The van der Waals surface area contributed by atoms with Crippen LogP contribution in [0.25, 0.3) is 0 Å². The molecular formula is C10H14N2O2. The Morgan fingerprint density at radius 3 is 3.00 bits per heavy atom. The quantitative estimate of drug-likeness (QED) is 0.777. The second-order valence-electron chi connectivity index (χ2n) is 4.01. The summed E-state index contributed by atoms with van der Waals surface area (Å²) in [6, 6.07) is 0.311. The molecule has 0 amide bonds. The molecule has 1 aliphatic rings. The number of hydrogen-bond acceptors (Lipinski definition) is 2. The molecule has 4 heteroatoms. The zero-order valence-corrected chi connectivity index (χ0v) is 8.40. The van der Waals surface area contributed by atoms with E-state index in [0.29, 0.717) is 6.04 Å².